The molecule has 28 heavy (non-hydrogen) atoms. The Labute approximate surface area is 166 Å². The SMILES string of the molecule is c1ccc(OP(Oc2ccccc2)Oc2ccc(-c3ccccc3)cc2)cc1. The molecule has 0 heterocycles. The van der Waals surface area contributed by atoms with Gasteiger partial charge >= 0.3 is 8.60 Å². The fourth-order valence-corrected chi connectivity index (χ4v) is 3.61. The smallest absolute Gasteiger partial charge is 0.409 e. The number of para-hydroxylation sites is 2. The topological polar surface area (TPSA) is 27.7 Å². The lowest BCUT2D eigenvalue weighted by atomic mass is 10.1. The van der Waals surface area contributed by atoms with Gasteiger partial charge in [-0.1, -0.05) is 78.9 Å². The van der Waals surface area contributed by atoms with Crippen LogP contribution in [-0.4, -0.2) is 0 Å². The predicted molar refractivity (Wildman–Crippen MR) is 114 cm³/mol. The first-order valence-electron chi connectivity index (χ1n) is 8.96. The summed E-state index contributed by atoms with van der Waals surface area (Å²) in [4.78, 5) is 0. The minimum Gasteiger partial charge on any atom is -0.409 e. The summed E-state index contributed by atoms with van der Waals surface area (Å²) in [6, 6.07) is 37.2. The van der Waals surface area contributed by atoms with E-state index in [1.54, 1.807) is 0 Å². The van der Waals surface area contributed by atoms with Crippen LogP contribution in [0, 0.1) is 0 Å². The average molecular weight is 386 g/mol. The van der Waals surface area contributed by atoms with E-state index in [9.17, 15) is 0 Å². The Morgan fingerprint density at radius 1 is 0.357 bits per heavy atom. The van der Waals surface area contributed by atoms with Crippen LogP contribution in [0.15, 0.2) is 115 Å². The van der Waals surface area contributed by atoms with Gasteiger partial charge in [0.1, 0.15) is 17.2 Å². The quantitative estimate of drug-likeness (QED) is 0.317. The molecule has 0 aromatic heterocycles. The maximum atomic E-state index is 6.03. The van der Waals surface area contributed by atoms with Gasteiger partial charge in [-0.3, -0.25) is 0 Å². The van der Waals surface area contributed by atoms with Crippen LogP contribution < -0.4 is 13.6 Å². The molecule has 0 aliphatic carbocycles. The monoisotopic (exact) mass is 386 g/mol. The molecule has 4 aromatic carbocycles. The van der Waals surface area contributed by atoms with Gasteiger partial charge in [-0.15, -0.1) is 0 Å². The summed E-state index contributed by atoms with van der Waals surface area (Å²) in [5.74, 6) is 2.09. The molecule has 0 saturated heterocycles. The highest BCUT2D eigenvalue weighted by atomic mass is 31.2. The van der Waals surface area contributed by atoms with E-state index < -0.39 is 8.60 Å². The molecule has 4 aromatic rings. The Morgan fingerprint density at radius 3 is 1.18 bits per heavy atom. The third-order valence-corrected chi connectivity index (χ3v) is 5.07. The maximum absolute atomic E-state index is 6.03. The molecule has 0 N–H and O–H groups in total. The van der Waals surface area contributed by atoms with Crippen molar-refractivity contribution in [1.82, 2.24) is 0 Å². The van der Waals surface area contributed by atoms with Gasteiger partial charge in [0.25, 0.3) is 0 Å². The molecule has 0 amide bonds. The van der Waals surface area contributed by atoms with Crippen molar-refractivity contribution in [3.05, 3.63) is 115 Å². The molecule has 138 valence electrons. The van der Waals surface area contributed by atoms with Crippen LogP contribution >= 0.6 is 8.60 Å². The van der Waals surface area contributed by atoms with Crippen LogP contribution in [0.2, 0.25) is 0 Å². The van der Waals surface area contributed by atoms with Crippen LogP contribution in [0.3, 0.4) is 0 Å². The first-order valence-corrected chi connectivity index (χ1v) is 10.1. The Hall–Kier alpha value is -3.29. The van der Waals surface area contributed by atoms with E-state index in [-0.39, 0.29) is 0 Å². The van der Waals surface area contributed by atoms with Gasteiger partial charge < -0.3 is 13.6 Å². The zero-order chi connectivity index (χ0) is 19.0. The number of rotatable bonds is 7. The van der Waals surface area contributed by atoms with Gasteiger partial charge in [-0.2, -0.15) is 0 Å². The van der Waals surface area contributed by atoms with E-state index in [1.807, 2.05) is 103 Å². The molecule has 4 heteroatoms. The lowest BCUT2D eigenvalue weighted by Crippen LogP contribution is -2.02. The van der Waals surface area contributed by atoms with Crippen molar-refractivity contribution < 1.29 is 13.6 Å². The minimum absolute atomic E-state index is 0.692. The summed E-state index contributed by atoms with van der Waals surface area (Å²) in [7, 11) is -1.65. The molecule has 0 saturated carbocycles. The second-order valence-electron chi connectivity index (χ2n) is 6.01. The van der Waals surface area contributed by atoms with Gasteiger partial charge in [0.2, 0.25) is 0 Å². The second kappa shape index (κ2) is 9.07. The van der Waals surface area contributed by atoms with Crippen molar-refractivity contribution in [2.24, 2.45) is 0 Å². The number of benzene rings is 4. The normalized spacial score (nSPS) is 10.5. The first kappa shape index (κ1) is 18.1. The second-order valence-corrected chi connectivity index (χ2v) is 7.01. The standard InChI is InChI=1S/C24H19O3P/c1-4-10-20(11-5-1)21-16-18-24(19-17-21)27-28(25-22-12-6-2-7-13-22)26-23-14-8-3-9-15-23/h1-19H. The summed E-state index contributed by atoms with van der Waals surface area (Å²) >= 11 is 0. The summed E-state index contributed by atoms with van der Waals surface area (Å²) in [5, 5.41) is 0. The average Bonchev–Trinajstić information content (AvgIpc) is 2.76. The Balaban J connectivity index is 1.51. The van der Waals surface area contributed by atoms with Crippen molar-refractivity contribution in [2.75, 3.05) is 0 Å². The third-order valence-electron chi connectivity index (χ3n) is 3.99. The molecule has 0 aliphatic rings. The summed E-state index contributed by atoms with van der Waals surface area (Å²) in [6.07, 6.45) is 0. The largest absolute Gasteiger partial charge is 0.530 e. The van der Waals surface area contributed by atoms with E-state index in [2.05, 4.69) is 12.1 Å². The lowest BCUT2D eigenvalue weighted by molar-refractivity contribution is 0.388. The van der Waals surface area contributed by atoms with Gasteiger partial charge in [0, 0.05) is 0 Å². The molecule has 3 nitrogen and oxygen atoms in total. The zero-order valence-electron chi connectivity index (χ0n) is 15.1. The summed E-state index contributed by atoms with van der Waals surface area (Å²) < 4.78 is 17.9. The molecule has 0 fully saturated rings. The fraction of sp³-hybridized carbons (Fsp3) is 0. The van der Waals surface area contributed by atoms with E-state index in [4.69, 9.17) is 13.6 Å². The molecule has 4 rings (SSSR count). The molecule has 0 unspecified atom stereocenters. The Bertz CT molecular complexity index is 933. The summed E-state index contributed by atoms with van der Waals surface area (Å²) in [6.45, 7) is 0. The third kappa shape index (κ3) is 4.91. The predicted octanol–water partition coefficient (Wildman–Crippen LogP) is 7.12. The fourth-order valence-electron chi connectivity index (χ4n) is 2.62. The van der Waals surface area contributed by atoms with Crippen molar-refractivity contribution in [2.45, 2.75) is 0 Å². The van der Waals surface area contributed by atoms with E-state index in [1.165, 1.54) is 0 Å². The number of hydrogen-bond donors (Lipinski definition) is 0. The molecule has 0 aliphatic heterocycles. The van der Waals surface area contributed by atoms with E-state index in [0.717, 1.165) is 11.1 Å². The molecule has 0 bridgehead atoms. The Morgan fingerprint density at radius 2 is 0.714 bits per heavy atom. The molecular weight excluding hydrogens is 367 g/mol. The van der Waals surface area contributed by atoms with Gasteiger partial charge in [-0.05, 0) is 47.5 Å². The van der Waals surface area contributed by atoms with Gasteiger partial charge in [0.05, 0.1) is 0 Å². The number of hydrogen-bond acceptors (Lipinski definition) is 3. The van der Waals surface area contributed by atoms with Crippen LogP contribution in [0.25, 0.3) is 11.1 Å². The molecular formula is C24H19O3P. The Kier molecular flexibility index (Phi) is 5.86. The molecule has 0 atom stereocenters. The van der Waals surface area contributed by atoms with Gasteiger partial charge in [0.15, 0.2) is 0 Å². The van der Waals surface area contributed by atoms with Crippen LogP contribution in [0.4, 0.5) is 0 Å². The molecule has 0 radical (unpaired) electrons. The highest BCUT2D eigenvalue weighted by Gasteiger charge is 2.19. The van der Waals surface area contributed by atoms with E-state index >= 15 is 0 Å². The lowest BCUT2D eigenvalue weighted by Gasteiger charge is -2.18. The van der Waals surface area contributed by atoms with Crippen LogP contribution in [0.1, 0.15) is 0 Å². The van der Waals surface area contributed by atoms with E-state index in [0.29, 0.717) is 17.2 Å². The van der Waals surface area contributed by atoms with Crippen molar-refractivity contribution >= 4 is 8.60 Å². The summed E-state index contributed by atoms with van der Waals surface area (Å²) in [5.41, 5.74) is 2.29. The van der Waals surface area contributed by atoms with Crippen LogP contribution in [-0.2, 0) is 0 Å². The van der Waals surface area contributed by atoms with Crippen molar-refractivity contribution in [1.29, 1.82) is 0 Å². The van der Waals surface area contributed by atoms with Crippen LogP contribution in [0.5, 0.6) is 17.2 Å². The first-order chi connectivity index (χ1) is 13.9. The molecule has 0 spiro atoms. The van der Waals surface area contributed by atoms with Crippen molar-refractivity contribution in [3.8, 4) is 28.4 Å². The van der Waals surface area contributed by atoms with Gasteiger partial charge in [-0.25, -0.2) is 0 Å². The van der Waals surface area contributed by atoms with Crippen molar-refractivity contribution in [3.63, 3.8) is 0 Å². The zero-order valence-corrected chi connectivity index (χ0v) is 16.0. The highest BCUT2D eigenvalue weighted by molar-refractivity contribution is 7.43. The minimum atomic E-state index is -1.65. The maximum Gasteiger partial charge on any atom is 0.530 e. The highest BCUT2D eigenvalue weighted by Crippen LogP contribution is 2.42.